The molecule has 0 atom stereocenters. The second-order valence-corrected chi connectivity index (χ2v) is 8.37. The standard InChI is InChI=1S/C22H22FNO4/c23-10-15-6-16-14(7-20(15)28-12-13-2-3-13)9-22(4-1-5-22)24-11-17(21(26)27)19(25)8-18(16)24/h6-8,11,13H,1-5,9-10,12H2,(H,26,27). The van der Waals surface area contributed by atoms with Crippen LogP contribution in [0.5, 0.6) is 5.75 Å². The van der Waals surface area contributed by atoms with Gasteiger partial charge in [-0.1, -0.05) is 0 Å². The van der Waals surface area contributed by atoms with Gasteiger partial charge in [0.15, 0.2) is 5.43 Å². The lowest BCUT2D eigenvalue weighted by Gasteiger charge is -2.48. The molecule has 1 spiro atoms. The van der Waals surface area contributed by atoms with E-state index in [0.717, 1.165) is 36.8 Å². The van der Waals surface area contributed by atoms with Gasteiger partial charge in [0.2, 0.25) is 0 Å². The molecule has 2 fully saturated rings. The van der Waals surface area contributed by atoms with E-state index in [1.165, 1.54) is 25.1 Å². The van der Waals surface area contributed by atoms with E-state index in [1.54, 1.807) is 6.07 Å². The minimum absolute atomic E-state index is 0.203. The molecule has 0 radical (unpaired) electrons. The largest absolute Gasteiger partial charge is 0.493 e. The molecular formula is C22H22FNO4. The first-order valence-corrected chi connectivity index (χ1v) is 9.86. The number of benzene rings is 1. The minimum atomic E-state index is -1.21. The van der Waals surface area contributed by atoms with Gasteiger partial charge in [-0.15, -0.1) is 0 Å². The molecule has 2 saturated carbocycles. The summed E-state index contributed by atoms with van der Waals surface area (Å²) in [4.78, 5) is 23.8. The van der Waals surface area contributed by atoms with Gasteiger partial charge in [0.25, 0.3) is 0 Å². The van der Waals surface area contributed by atoms with Crippen molar-refractivity contribution in [3.8, 4) is 17.0 Å². The van der Waals surface area contributed by atoms with Crippen LogP contribution in [0.3, 0.4) is 0 Å². The molecule has 1 aromatic carbocycles. The van der Waals surface area contributed by atoms with Crippen LogP contribution in [-0.2, 0) is 18.6 Å². The van der Waals surface area contributed by atoms with Crippen molar-refractivity contribution in [3.63, 3.8) is 0 Å². The summed E-state index contributed by atoms with van der Waals surface area (Å²) in [7, 11) is 0. The first-order chi connectivity index (χ1) is 13.5. The molecule has 1 aliphatic heterocycles. The Morgan fingerprint density at radius 2 is 2.07 bits per heavy atom. The van der Waals surface area contributed by atoms with Gasteiger partial charge in [-0.05, 0) is 62.1 Å². The Morgan fingerprint density at radius 3 is 2.68 bits per heavy atom. The number of hydrogen-bond donors (Lipinski definition) is 1. The third-order valence-electron chi connectivity index (χ3n) is 6.47. The number of aromatic nitrogens is 1. The van der Waals surface area contributed by atoms with E-state index in [9.17, 15) is 19.1 Å². The summed E-state index contributed by atoms with van der Waals surface area (Å²) in [5, 5.41) is 9.37. The number of halogens is 1. The summed E-state index contributed by atoms with van der Waals surface area (Å²) in [6.45, 7) is -0.0230. The number of nitrogens with zero attached hydrogens (tertiary/aromatic N) is 1. The van der Waals surface area contributed by atoms with Crippen LogP contribution in [0.2, 0.25) is 0 Å². The molecule has 5 nitrogen and oxygen atoms in total. The van der Waals surface area contributed by atoms with Crippen molar-refractivity contribution < 1.29 is 19.0 Å². The summed E-state index contributed by atoms with van der Waals surface area (Å²) in [5.74, 6) is -0.0374. The third kappa shape index (κ3) is 2.65. The molecule has 1 aromatic heterocycles. The zero-order valence-electron chi connectivity index (χ0n) is 15.5. The quantitative estimate of drug-likeness (QED) is 0.850. The molecule has 3 aliphatic rings. The topological polar surface area (TPSA) is 68.5 Å². The highest BCUT2D eigenvalue weighted by Gasteiger charge is 2.43. The number of hydrogen-bond acceptors (Lipinski definition) is 3. The van der Waals surface area contributed by atoms with E-state index in [0.29, 0.717) is 29.5 Å². The molecule has 146 valence electrons. The van der Waals surface area contributed by atoms with Crippen LogP contribution in [0.4, 0.5) is 4.39 Å². The number of ether oxygens (including phenoxy) is 1. The molecule has 1 N–H and O–H groups in total. The summed E-state index contributed by atoms with van der Waals surface area (Å²) in [6.07, 6.45) is 7.49. The molecule has 5 rings (SSSR count). The van der Waals surface area contributed by atoms with Crippen molar-refractivity contribution in [2.75, 3.05) is 6.61 Å². The van der Waals surface area contributed by atoms with Crippen LogP contribution in [0.1, 0.15) is 53.6 Å². The average molecular weight is 383 g/mol. The number of rotatable bonds is 5. The Labute approximate surface area is 161 Å². The predicted molar refractivity (Wildman–Crippen MR) is 102 cm³/mol. The van der Waals surface area contributed by atoms with Crippen molar-refractivity contribution in [1.29, 1.82) is 0 Å². The van der Waals surface area contributed by atoms with E-state index in [-0.39, 0.29) is 11.1 Å². The fourth-order valence-corrected chi connectivity index (χ4v) is 4.52. The van der Waals surface area contributed by atoms with E-state index in [1.807, 2.05) is 10.6 Å². The fraction of sp³-hybridized carbons (Fsp3) is 0.455. The molecule has 28 heavy (non-hydrogen) atoms. The first-order valence-electron chi connectivity index (χ1n) is 9.86. The maximum absolute atomic E-state index is 13.7. The number of fused-ring (bicyclic) bond motifs is 4. The van der Waals surface area contributed by atoms with Crippen LogP contribution in [0, 0.1) is 5.92 Å². The van der Waals surface area contributed by atoms with Crippen molar-refractivity contribution >= 4 is 5.97 Å². The number of carboxylic acid groups (broad SMARTS) is 1. The molecule has 6 heteroatoms. The third-order valence-corrected chi connectivity index (χ3v) is 6.47. The van der Waals surface area contributed by atoms with Crippen molar-refractivity contribution in [1.82, 2.24) is 4.57 Å². The second-order valence-electron chi connectivity index (χ2n) is 8.37. The van der Waals surface area contributed by atoms with E-state index < -0.39 is 18.1 Å². The van der Waals surface area contributed by atoms with Gasteiger partial charge >= 0.3 is 5.97 Å². The number of aromatic carboxylic acids is 1. The molecule has 2 aromatic rings. The average Bonchev–Trinajstić information content (AvgIpc) is 3.47. The van der Waals surface area contributed by atoms with E-state index in [2.05, 4.69) is 0 Å². The summed E-state index contributed by atoms with van der Waals surface area (Å²) < 4.78 is 21.6. The summed E-state index contributed by atoms with van der Waals surface area (Å²) >= 11 is 0. The number of carboxylic acids is 1. The maximum Gasteiger partial charge on any atom is 0.341 e. The van der Waals surface area contributed by atoms with Crippen LogP contribution >= 0.6 is 0 Å². The highest BCUT2D eigenvalue weighted by Crippen LogP contribution is 2.49. The zero-order valence-corrected chi connectivity index (χ0v) is 15.5. The lowest BCUT2D eigenvalue weighted by molar-refractivity contribution is 0.0691. The highest BCUT2D eigenvalue weighted by atomic mass is 19.1. The lowest BCUT2D eigenvalue weighted by Crippen LogP contribution is -2.46. The van der Waals surface area contributed by atoms with Crippen molar-refractivity contribution in [3.05, 3.63) is 51.3 Å². The number of pyridine rings is 1. The van der Waals surface area contributed by atoms with Gasteiger partial charge in [-0.3, -0.25) is 4.79 Å². The van der Waals surface area contributed by atoms with E-state index in [4.69, 9.17) is 4.74 Å². The SMILES string of the molecule is O=C(O)c1cn2c(cc1=O)-c1cc(CF)c(OCC3CC3)cc1CC21CCC1. The maximum atomic E-state index is 13.7. The van der Waals surface area contributed by atoms with Gasteiger partial charge in [0, 0.05) is 28.9 Å². The minimum Gasteiger partial charge on any atom is -0.493 e. The summed E-state index contributed by atoms with van der Waals surface area (Å²) in [6, 6.07) is 5.11. The first kappa shape index (κ1) is 17.5. The Morgan fingerprint density at radius 1 is 1.29 bits per heavy atom. The van der Waals surface area contributed by atoms with Crippen LogP contribution in [-0.4, -0.2) is 22.2 Å². The molecule has 0 unspecified atom stereocenters. The molecule has 0 bridgehead atoms. The highest BCUT2D eigenvalue weighted by molar-refractivity contribution is 5.88. The van der Waals surface area contributed by atoms with Gasteiger partial charge in [0.1, 0.15) is 18.0 Å². The van der Waals surface area contributed by atoms with Gasteiger partial charge in [-0.25, -0.2) is 9.18 Å². The summed E-state index contributed by atoms with van der Waals surface area (Å²) in [5.41, 5.74) is 2.07. The number of carbonyl (C=O) groups is 1. The number of alkyl halides is 1. The smallest absolute Gasteiger partial charge is 0.341 e. The Bertz CT molecular complexity index is 1030. The second kappa shape index (κ2) is 6.19. The van der Waals surface area contributed by atoms with Crippen molar-refractivity contribution in [2.45, 2.75) is 50.7 Å². The molecule has 0 saturated heterocycles. The molecule has 2 aliphatic carbocycles. The molecular weight excluding hydrogens is 361 g/mol. The van der Waals surface area contributed by atoms with Crippen LogP contribution < -0.4 is 10.2 Å². The van der Waals surface area contributed by atoms with Gasteiger partial charge in [0.05, 0.1) is 12.3 Å². The zero-order chi connectivity index (χ0) is 19.5. The molecule has 2 heterocycles. The monoisotopic (exact) mass is 383 g/mol. The van der Waals surface area contributed by atoms with Gasteiger partial charge in [-0.2, -0.15) is 0 Å². The fourth-order valence-electron chi connectivity index (χ4n) is 4.52. The predicted octanol–water partition coefficient (Wildman–Crippen LogP) is 3.91. The Hall–Kier alpha value is -2.63. The lowest BCUT2D eigenvalue weighted by atomic mass is 9.69. The van der Waals surface area contributed by atoms with Gasteiger partial charge < -0.3 is 14.4 Å². The normalized spacial score (nSPS) is 18.9. The Kier molecular flexibility index (Phi) is 3.86. The van der Waals surface area contributed by atoms with Crippen molar-refractivity contribution in [2.24, 2.45) is 5.92 Å². The molecule has 0 amide bonds. The Balaban J connectivity index is 1.66. The van der Waals surface area contributed by atoms with Crippen LogP contribution in [0.15, 0.2) is 29.2 Å². The van der Waals surface area contributed by atoms with Crippen LogP contribution in [0.25, 0.3) is 11.3 Å². The van der Waals surface area contributed by atoms with E-state index >= 15 is 0 Å².